The quantitative estimate of drug-likeness (QED) is 0.747. The fourth-order valence-electron chi connectivity index (χ4n) is 5.13. The molecule has 7 heteroatoms. The summed E-state index contributed by atoms with van der Waals surface area (Å²) in [6.07, 6.45) is 0. The van der Waals surface area contributed by atoms with Crippen LogP contribution in [0.4, 0.5) is 11.4 Å². The smallest absolute Gasteiger partial charge is 0.250 e. The molecule has 2 saturated heterocycles. The Hall–Kier alpha value is -2.70. The minimum absolute atomic E-state index is 0.0467. The van der Waals surface area contributed by atoms with Gasteiger partial charge in [-0.15, -0.1) is 0 Å². The van der Waals surface area contributed by atoms with Crippen molar-refractivity contribution in [1.82, 2.24) is 5.32 Å². The molecule has 29 heavy (non-hydrogen) atoms. The molecule has 0 aliphatic carbocycles. The first-order valence-electron chi connectivity index (χ1n) is 9.69. The van der Waals surface area contributed by atoms with E-state index in [1.807, 2.05) is 38.1 Å². The van der Waals surface area contributed by atoms with Crippen LogP contribution in [0.3, 0.4) is 0 Å². The summed E-state index contributed by atoms with van der Waals surface area (Å²) in [6, 6.07) is 13.8. The van der Waals surface area contributed by atoms with Crippen LogP contribution in [0.1, 0.15) is 19.4 Å². The first-order valence-corrected chi connectivity index (χ1v) is 10.1. The lowest BCUT2D eigenvalue weighted by Gasteiger charge is -2.30. The zero-order valence-electron chi connectivity index (χ0n) is 16.0. The molecule has 2 aromatic rings. The van der Waals surface area contributed by atoms with Gasteiger partial charge in [0.05, 0.1) is 22.5 Å². The number of fused-ring (bicyclic) bond motifs is 4. The minimum Gasteiger partial charge on any atom is -0.324 e. The van der Waals surface area contributed by atoms with Gasteiger partial charge in [-0.1, -0.05) is 55.8 Å². The number of hydrogen-bond acceptors (Lipinski definition) is 4. The van der Waals surface area contributed by atoms with Crippen LogP contribution in [-0.2, 0) is 19.9 Å². The Labute approximate surface area is 173 Å². The summed E-state index contributed by atoms with van der Waals surface area (Å²) in [4.78, 5) is 41.6. The van der Waals surface area contributed by atoms with E-state index in [1.54, 1.807) is 24.3 Å². The van der Waals surface area contributed by atoms with E-state index in [4.69, 9.17) is 11.6 Å². The second kappa shape index (κ2) is 6.15. The molecule has 3 heterocycles. The molecule has 2 aromatic carbocycles. The van der Waals surface area contributed by atoms with Crippen molar-refractivity contribution < 1.29 is 14.4 Å². The molecule has 4 atom stereocenters. The first-order chi connectivity index (χ1) is 13.9. The lowest BCUT2D eigenvalue weighted by Crippen LogP contribution is -2.54. The minimum atomic E-state index is -1.26. The average Bonchev–Trinajstić information content (AvgIpc) is 3.28. The number of carbonyl (C=O) groups excluding carboxylic acids is 3. The molecular formula is C22H20ClN3O3. The summed E-state index contributed by atoms with van der Waals surface area (Å²) in [5.41, 5.74) is 0.483. The van der Waals surface area contributed by atoms with Gasteiger partial charge in [0, 0.05) is 17.3 Å². The van der Waals surface area contributed by atoms with Crippen LogP contribution in [0, 0.1) is 17.8 Å². The van der Waals surface area contributed by atoms with Crippen molar-refractivity contribution in [3.8, 4) is 0 Å². The number of imide groups is 1. The van der Waals surface area contributed by atoms with Crippen molar-refractivity contribution in [2.24, 2.45) is 17.8 Å². The van der Waals surface area contributed by atoms with E-state index in [1.165, 1.54) is 4.90 Å². The lowest BCUT2D eigenvalue weighted by atomic mass is 9.76. The Morgan fingerprint density at radius 3 is 2.41 bits per heavy atom. The van der Waals surface area contributed by atoms with Crippen LogP contribution in [0.2, 0.25) is 5.02 Å². The van der Waals surface area contributed by atoms with Crippen molar-refractivity contribution >= 4 is 40.7 Å². The predicted molar refractivity (Wildman–Crippen MR) is 109 cm³/mol. The fourth-order valence-corrected chi connectivity index (χ4v) is 5.35. The largest absolute Gasteiger partial charge is 0.324 e. The molecule has 2 N–H and O–H groups in total. The van der Waals surface area contributed by atoms with Crippen molar-refractivity contribution in [2.45, 2.75) is 25.4 Å². The molecule has 0 bridgehead atoms. The van der Waals surface area contributed by atoms with Crippen LogP contribution in [0.5, 0.6) is 0 Å². The first kappa shape index (κ1) is 18.3. The van der Waals surface area contributed by atoms with Gasteiger partial charge in [0.1, 0.15) is 5.54 Å². The SMILES string of the molecule is CC(C)[C@@H]1N[C@]2(C(=O)Nc3ccccc32)[C@@H]2C(=O)N(c3ccccc3Cl)C(=O)[C@@H]21. The molecule has 3 aliphatic heterocycles. The maximum atomic E-state index is 13.7. The second-order valence-corrected chi connectivity index (χ2v) is 8.60. The van der Waals surface area contributed by atoms with Crippen LogP contribution in [0.15, 0.2) is 48.5 Å². The summed E-state index contributed by atoms with van der Waals surface area (Å²) >= 11 is 6.31. The van der Waals surface area contributed by atoms with Crippen LogP contribution < -0.4 is 15.5 Å². The molecule has 2 fully saturated rings. The highest BCUT2D eigenvalue weighted by atomic mass is 35.5. The highest BCUT2D eigenvalue weighted by Gasteiger charge is 2.71. The maximum absolute atomic E-state index is 13.7. The summed E-state index contributed by atoms with van der Waals surface area (Å²) < 4.78 is 0. The Morgan fingerprint density at radius 2 is 1.69 bits per heavy atom. The fraction of sp³-hybridized carbons (Fsp3) is 0.318. The highest BCUT2D eigenvalue weighted by molar-refractivity contribution is 6.36. The number of nitrogens with zero attached hydrogens (tertiary/aromatic N) is 1. The number of rotatable bonds is 2. The van der Waals surface area contributed by atoms with Gasteiger partial charge in [0.15, 0.2) is 0 Å². The Morgan fingerprint density at radius 1 is 1.00 bits per heavy atom. The van der Waals surface area contributed by atoms with Gasteiger partial charge in [-0.2, -0.15) is 0 Å². The van der Waals surface area contributed by atoms with Gasteiger partial charge in [-0.05, 0) is 24.1 Å². The van der Waals surface area contributed by atoms with Crippen molar-refractivity contribution in [3.63, 3.8) is 0 Å². The number of para-hydroxylation sites is 2. The van der Waals surface area contributed by atoms with Crippen molar-refractivity contribution in [1.29, 1.82) is 0 Å². The van der Waals surface area contributed by atoms with Gasteiger partial charge in [0.2, 0.25) is 17.7 Å². The number of benzene rings is 2. The second-order valence-electron chi connectivity index (χ2n) is 8.19. The molecule has 5 rings (SSSR count). The molecule has 0 unspecified atom stereocenters. The van der Waals surface area contributed by atoms with Gasteiger partial charge >= 0.3 is 0 Å². The topological polar surface area (TPSA) is 78.5 Å². The van der Waals surface area contributed by atoms with Crippen LogP contribution >= 0.6 is 11.6 Å². The van der Waals surface area contributed by atoms with E-state index in [-0.39, 0.29) is 23.8 Å². The van der Waals surface area contributed by atoms with E-state index in [9.17, 15) is 14.4 Å². The number of halogens is 1. The highest BCUT2D eigenvalue weighted by Crippen LogP contribution is 2.54. The molecular weight excluding hydrogens is 390 g/mol. The number of anilines is 2. The van der Waals surface area contributed by atoms with E-state index < -0.39 is 23.3 Å². The standard InChI is InChI=1S/C22H20ClN3O3/c1-11(2)18-16-17(20(28)26(19(16)27)15-10-6-4-8-13(15)23)22(25-18)12-7-3-5-9-14(12)24-21(22)29/h3-11,16-18,25H,1-2H3,(H,24,29)/t16-,17-,18-,22-/m0/s1. The third kappa shape index (κ3) is 2.24. The zero-order chi connectivity index (χ0) is 20.5. The molecule has 1 spiro atoms. The average molecular weight is 410 g/mol. The van der Waals surface area contributed by atoms with E-state index in [0.29, 0.717) is 22.0 Å². The van der Waals surface area contributed by atoms with E-state index >= 15 is 0 Å². The summed E-state index contributed by atoms with van der Waals surface area (Å²) in [6.45, 7) is 3.98. The molecule has 0 aromatic heterocycles. The van der Waals surface area contributed by atoms with Crippen LogP contribution in [-0.4, -0.2) is 23.8 Å². The molecule has 3 aliphatic rings. The summed E-state index contributed by atoms with van der Waals surface area (Å²) in [7, 11) is 0. The summed E-state index contributed by atoms with van der Waals surface area (Å²) in [5, 5.41) is 6.63. The molecule has 3 amide bonds. The van der Waals surface area contributed by atoms with Gasteiger partial charge in [-0.3, -0.25) is 19.7 Å². The van der Waals surface area contributed by atoms with Crippen molar-refractivity contribution in [2.75, 3.05) is 10.2 Å². The Balaban J connectivity index is 1.71. The normalized spacial score (nSPS) is 30.3. The number of carbonyl (C=O) groups is 3. The molecule has 6 nitrogen and oxygen atoms in total. The number of hydrogen-bond donors (Lipinski definition) is 2. The molecule has 0 radical (unpaired) electrons. The van der Waals surface area contributed by atoms with Gasteiger partial charge in [-0.25, -0.2) is 4.90 Å². The van der Waals surface area contributed by atoms with Crippen molar-refractivity contribution in [3.05, 3.63) is 59.1 Å². The Kier molecular flexibility index (Phi) is 3.89. The summed E-state index contributed by atoms with van der Waals surface area (Å²) in [5.74, 6) is -2.42. The van der Waals surface area contributed by atoms with Gasteiger partial charge < -0.3 is 5.32 Å². The molecule has 148 valence electrons. The number of nitrogens with one attached hydrogen (secondary N) is 2. The zero-order valence-corrected chi connectivity index (χ0v) is 16.7. The predicted octanol–water partition coefficient (Wildman–Crippen LogP) is 2.92. The van der Waals surface area contributed by atoms with E-state index in [0.717, 1.165) is 0 Å². The Bertz CT molecular complexity index is 1070. The third-order valence-corrected chi connectivity index (χ3v) is 6.69. The third-order valence-electron chi connectivity index (χ3n) is 6.37. The van der Waals surface area contributed by atoms with Gasteiger partial charge in [0.25, 0.3) is 0 Å². The molecule has 0 saturated carbocycles. The monoisotopic (exact) mass is 409 g/mol. The maximum Gasteiger partial charge on any atom is 0.250 e. The number of amides is 3. The van der Waals surface area contributed by atoms with E-state index in [2.05, 4.69) is 10.6 Å². The van der Waals surface area contributed by atoms with Crippen LogP contribution in [0.25, 0.3) is 0 Å². The lowest BCUT2D eigenvalue weighted by molar-refractivity contribution is -0.130.